The highest BCUT2D eigenvalue weighted by Gasteiger charge is 2.14. The number of ketones is 1. The van der Waals surface area contributed by atoms with E-state index in [0.29, 0.717) is 21.7 Å². The van der Waals surface area contributed by atoms with Crippen molar-refractivity contribution in [2.24, 2.45) is 0 Å². The summed E-state index contributed by atoms with van der Waals surface area (Å²) in [4.78, 5) is 37.3. The first kappa shape index (κ1) is 21.3. The van der Waals surface area contributed by atoms with Crippen LogP contribution >= 0.6 is 11.8 Å². The lowest BCUT2D eigenvalue weighted by molar-refractivity contribution is -0.113. The molecule has 5 nitrogen and oxygen atoms in total. The molecule has 0 saturated carbocycles. The molecule has 0 fully saturated rings. The van der Waals surface area contributed by atoms with Crippen molar-refractivity contribution in [1.29, 1.82) is 0 Å². The largest absolute Gasteiger partial charge is 0.325 e. The molecule has 3 rings (SSSR count). The third kappa shape index (κ3) is 5.81. The fourth-order valence-electron chi connectivity index (χ4n) is 2.77. The van der Waals surface area contributed by atoms with Gasteiger partial charge in [0, 0.05) is 21.8 Å². The van der Waals surface area contributed by atoms with Gasteiger partial charge in [0.05, 0.1) is 11.3 Å². The molecule has 0 spiro atoms. The first-order chi connectivity index (χ1) is 14.4. The Morgan fingerprint density at radius 2 is 1.57 bits per heavy atom. The summed E-state index contributed by atoms with van der Waals surface area (Å²) in [6, 6.07) is 21.5. The maximum absolute atomic E-state index is 12.8. The van der Waals surface area contributed by atoms with Crippen LogP contribution in [0.1, 0.15) is 33.2 Å². The number of anilines is 2. The Morgan fingerprint density at radius 1 is 0.833 bits per heavy atom. The average molecular weight is 419 g/mol. The molecule has 0 atom stereocenters. The van der Waals surface area contributed by atoms with Crippen LogP contribution in [0, 0.1) is 6.92 Å². The molecule has 0 saturated heterocycles. The smallest absolute Gasteiger partial charge is 0.256 e. The average Bonchev–Trinajstić information content (AvgIpc) is 2.74. The number of hydrogen-bond acceptors (Lipinski definition) is 4. The number of benzene rings is 3. The van der Waals surface area contributed by atoms with Gasteiger partial charge in [-0.1, -0.05) is 42.0 Å². The van der Waals surface area contributed by atoms with Gasteiger partial charge in [0.1, 0.15) is 0 Å². The Morgan fingerprint density at radius 3 is 2.30 bits per heavy atom. The highest BCUT2D eigenvalue weighted by atomic mass is 32.2. The molecule has 0 radical (unpaired) electrons. The molecular weight excluding hydrogens is 396 g/mol. The summed E-state index contributed by atoms with van der Waals surface area (Å²) >= 11 is 1.30. The van der Waals surface area contributed by atoms with Gasteiger partial charge in [-0.15, -0.1) is 11.8 Å². The zero-order valence-electron chi connectivity index (χ0n) is 16.8. The van der Waals surface area contributed by atoms with Crippen molar-refractivity contribution < 1.29 is 14.4 Å². The van der Waals surface area contributed by atoms with E-state index in [1.54, 1.807) is 36.4 Å². The number of nitrogens with one attached hydrogen (secondary N) is 2. The monoisotopic (exact) mass is 418 g/mol. The molecule has 152 valence electrons. The van der Waals surface area contributed by atoms with Crippen molar-refractivity contribution >= 4 is 40.7 Å². The second kappa shape index (κ2) is 9.89. The third-order valence-corrected chi connectivity index (χ3v) is 5.43. The number of rotatable bonds is 7. The Labute approximate surface area is 179 Å². The molecule has 0 aliphatic rings. The standard InChI is InChI=1S/C24H22N2O3S/c1-16-10-12-19(13-11-16)25-23(28)15-30-22-9-4-3-8-21(22)24(29)26-20-7-5-6-18(14-20)17(2)27/h3-14H,15H2,1-2H3,(H,25,28)(H,26,29). The van der Waals surface area contributed by atoms with Crippen molar-refractivity contribution in [1.82, 2.24) is 0 Å². The van der Waals surface area contributed by atoms with Gasteiger partial charge in [-0.2, -0.15) is 0 Å². The van der Waals surface area contributed by atoms with Gasteiger partial charge in [0.25, 0.3) is 5.91 Å². The minimum atomic E-state index is -0.294. The molecule has 0 heterocycles. The summed E-state index contributed by atoms with van der Waals surface area (Å²) in [6.45, 7) is 3.47. The number of Topliss-reactive ketones (excluding diaryl/α,β-unsaturated/α-hetero) is 1. The number of amides is 2. The quantitative estimate of drug-likeness (QED) is 0.409. The molecule has 2 N–H and O–H groups in total. The van der Waals surface area contributed by atoms with Crippen LogP contribution in [0.4, 0.5) is 11.4 Å². The minimum absolute atomic E-state index is 0.0679. The van der Waals surface area contributed by atoms with E-state index in [0.717, 1.165) is 11.3 Å². The molecule has 0 bridgehead atoms. The highest BCUT2D eigenvalue weighted by molar-refractivity contribution is 8.00. The Hall–Kier alpha value is -3.38. The van der Waals surface area contributed by atoms with Crippen LogP contribution in [-0.4, -0.2) is 23.4 Å². The Kier molecular flexibility index (Phi) is 7.03. The number of carbonyl (C=O) groups excluding carboxylic acids is 3. The predicted octanol–water partition coefficient (Wildman–Crippen LogP) is 5.18. The predicted molar refractivity (Wildman–Crippen MR) is 121 cm³/mol. The van der Waals surface area contributed by atoms with Crippen LogP contribution in [0.3, 0.4) is 0 Å². The number of carbonyl (C=O) groups is 3. The lowest BCUT2D eigenvalue weighted by atomic mass is 10.1. The second-order valence-electron chi connectivity index (χ2n) is 6.79. The molecule has 6 heteroatoms. The molecular formula is C24H22N2O3S. The molecule has 0 unspecified atom stereocenters. The van der Waals surface area contributed by atoms with E-state index < -0.39 is 0 Å². The maximum atomic E-state index is 12.8. The van der Waals surface area contributed by atoms with Gasteiger partial charge in [-0.3, -0.25) is 14.4 Å². The van der Waals surface area contributed by atoms with Gasteiger partial charge in [0.2, 0.25) is 5.91 Å². The minimum Gasteiger partial charge on any atom is -0.325 e. The molecule has 3 aromatic carbocycles. The van der Waals surface area contributed by atoms with Crippen LogP contribution in [-0.2, 0) is 4.79 Å². The molecule has 30 heavy (non-hydrogen) atoms. The summed E-state index contributed by atoms with van der Waals surface area (Å²) in [7, 11) is 0. The number of thioether (sulfide) groups is 1. The summed E-state index contributed by atoms with van der Waals surface area (Å²) in [5.41, 5.74) is 3.41. The molecule has 0 aliphatic heterocycles. The zero-order valence-corrected chi connectivity index (χ0v) is 17.6. The van der Waals surface area contributed by atoms with E-state index in [9.17, 15) is 14.4 Å². The van der Waals surface area contributed by atoms with E-state index in [1.165, 1.54) is 18.7 Å². The topological polar surface area (TPSA) is 75.3 Å². The zero-order chi connectivity index (χ0) is 21.5. The highest BCUT2D eigenvalue weighted by Crippen LogP contribution is 2.24. The van der Waals surface area contributed by atoms with Gasteiger partial charge in [-0.05, 0) is 50.2 Å². The van der Waals surface area contributed by atoms with Crippen LogP contribution < -0.4 is 10.6 Å². The number of hydrogen-bond donors (Lipinski definition) is 2. The van der Waals surface area contributed by atoms with Gasteiger partial charge < -0.3 is 10.6 Å². The normalized spacial score (nSPS) is 10.3. The van der Waals surface area contributed by atoms with E-state index >= 15 is 0 Å². The van der Waals surface area contributed by atoms with Crippen LogP contribution in [0.25, 0.3) is 0 Å². The SMILES string of the molecule is CC(=O)c1cccc(NC(=O)c2ccccc2SCC(=O)Nc2ccc(C)cc2)c1. The van der Waals surface area contributed by atoms with Crippen LogP contribution in [0.5, 0.6) is 0 Å². The van der Waals surface area contributed by atoms with Crippen molar-refractivity contribution in [3.8, 4) is 0 Å². The van der Waals surface area contributed by atoms with Gasteiger partial charge >= 0.3 is 0 Å². The molecule has 2 amide bonds. The molecule has 0 aliphatic carbocycles. The van der Waals surface area contributed by atoms with Crippen molar-refractivity contribution in [2.75, 3.05) is 16.4 Å². The van der Waals surface area contributed by atoms with E-state index in [1.807, 2.05) is 43.3 Å². The lowest BCUT2D eigenvalue weighted by Gasteiger charge is -2.11. The lowest BCUT2D eigenvalue weighted by Crippen LogP contribution is -2.16. The van der Waals surface area contributed by atoms with Crippen LogP contribution in [0.15, 0.2) is 77.7 Å². The van der Waals surface area contributed by atoms with Gasteiger partial charge in [0.15, 0.2) is 5.78 Å². The summed E-state index contributed by atoms with van der Waals surface area (Å²) in [5.74, 6) is -0.328. The summed E-state index contributed by atoms with van der Waals surface area (Å²) in [6.07, 6.45) is 0. The van der Waals surface area contributed by atoms with Crippen LogP contribution in [0.2, 0.25) is 0 Å². The first-order valence-electron chi connectivity index (χ1n) is 9.43. The van der Waals surface area contributed by atoms with E-state index in [4.69, 9.17) is 0 Å². The molecule has 3 aromatic rings. The van der Waals surface area contributed by atoms with Gasteiger partial charge in [-0.25, -0.2) is 0 Å². The Bertz CT molecular complexity index is 1080. The van der Waals surface area contributed by atoms with Crippen molar-refractivity contribution in [3.05, 3.63) is 89.5 Å². The van der Waals surface area contributed by atoms with E-state index in [-0.39, 0.29) is 23.4 Å². The summed E-state index contributed by atoms with van der Waals surface area (Å²) in [5, 5.41) is 5.67. The van der Waals surface area contributed by atoms with E-state index in [2.05, 4.69) is 10.6 Å². The Balaban J connectivity index is 1.65. The van der Waals surface area contributed by atoms with Crippen molar-refractivity contribution in [2.45, 2.75) is 18.7 Å². The third-order valence-electron chi connectivity index (χ3n) is 4.35. The number of aryl methyl sites for hydroxylation is 1. The second-order valence-corrected chi connectivity index (χ2v) is 7.81. The summed E-state index contributed by atoms with van der Waals surface area (Å²) < 4.78 is 0. The maximum Gasteiger partial charge on any atom is 0.256 e. The fraction of sp³-hybridized carbons (Fsp3) is 0.125. The molecule has 0 aromatic heterocycles. The first-order valence-corrected chi connectivity index (χ1v) is 10.4. The fourth-order valence-corrected chi connectivity index (χ4v) is 3.62. The van der Waals surface area contributed by atoms with Crippen molar-refractivity contribution in [3.63, 3.8) is 0 Å².